The molecule has 0 unspecified atom stereocenters. The number of amides is 1. The van der Waals surface area contributed by atoms with Gasteiger partial charge in [-0.05, 0) is 43.0 Å². The van der Waals surface area contributed by atoms with Crippen molar-refractivity contribution in [1.82, 2.24) is 15.4 Å². The van der Waals surface area contributed by atoms with Gasteiger partial charge < -0.3 is 19.3 Å². The summed E-state index contributed by atoms with van der Waals surface area (Å²) >= 11 is 1.73. The second-order valence-corrected chi connectivity index (χ2v) is 8.88. The van der Waals surface area contributed by atoms with Gasteiger partial charge in [0.2, 0.25) is 5.91 Å². The van der Waals surface area contributed by atoms with Crippen molar-refractivity contribution in [2.24, 2.45) is 0 Å². The van der Waals surface area contributed by atoms with Gasteiger partial charge in [-0.3, -0.25) is 9.69 Å². The van der Waals surface area contributed by atoms with E-state index in [0.717, 1.165) is 54.6 Å². The number of hydrogen-bond donors (Lipinski definition) is 1. The first-order valence-corrected chi connectivity index (χ1v) is 11.7. The third-order valence-corrected chi connectivity index (χ3v) is 6.68. The van der Waals surface area contributed by atoms with Gasteiger partial charge in [0.15, 0.2) is 0 Å². The highest BCUT2D eigenvalue weighted by Crippen LogP contribution is 2.25. The molecule has 4 rings (SSSR count). The van der Waals surface area contributed by atoms with Crippen molar-refractivity contribution in [2.75, 3.05) is 32.8 Å². The van der Waals surface area contributed by atoms with Crippen LogP contribution >= 0.6 is 11.3 Å². The van der Waals surface area contributed by atoms with Crippen LogP contribution in [0.1, 0.15) is 33.5 Å². The van der Waals surface area contributed by atoms with Crippen molar-refractivity contribution in [1.29, 1.82) is 0 Å². The quantitative estimate of drug-likeness (QED) is 0.531. The molecule has 3 aromatic rings. The summed E-state index contributed by atoms with van der Waals surface area (Å²) < 4.78 is 16.5. The number of morpholine rings is 1. The van der Waals surface area contributed by atoms with E-state index in [2.05, 4.69) is 32.9 Å². The van der Waals surface area contributed by atoms with Crippen LogP contribution < -0.4 is 10.1 Å². The Hall–Kier alpha value is -2.68. The predicted octanol–water partition coefficient (Wildman–Crippen LogP) is 3.66. The molecule has 1 aromatic carbocycles. The van der Waals surface area contributed by atoms with Gasteiger partial charge >= 0.3 is 0 Å². The van der Waals surface area contributed by atoms with E-state index < -0.39 is 0 Å². The zero-order valence-electron chi connectivity index (χ0n) is 18.5. The number of carbonyl (C=O) groups is 1. The lowest BCUT2D eigenvalue weighted by Crippen LogP contribution is -2.43. The Morgan fingerprint density at radius 3 is 2.66 bits per heavy atom. The molecular weight excluding hydrogens is 426 g/mol. The van der Waals surface area contributed by atoms with Crippen molar-refractivity contribution in [2.45, 2.75) is 32.9 Å². The minimum Gasteiger partial charge on any atom is -0.489 e. The van der Waals surface area contributed by atoms with E-state index in [1.54, 1.807) is 11.3 Å². The van der Waals surface area contributed by atoms with Crippen molar-refractivity contribution in [3.63, 3.8) is 0 Å². The van der Waals surface area contributed by atoms with Gasteiger partial charge in [0, 0.05) is 24.5 Å². The summed E-state index contributed by atoms with van der Waals surface area (Å²) in [6, 6.07) is 12.0. The summed E-state index contributed by atoms with van der Waals surface area (Å²) in [5, 5.41) is 9.15. The van der Waals surface area contributed by atoms with Crippen LogP contribution in [-0.2, 0) is 22.6 Å². The molecule has 32 heavy (non-hydrogen) atoms. The molecule has 1 fully saturated rings. The smallest absolute Gasteiger partial charge is 0.224 e. The Labute approximate surface area is 192 Å². The Balaban J connectivity index is 1.28. The van der Waals surface area contributed by atoms with Crippen LogP contribution in [0.5, 0.6) is 5.75 Å². The molecule has 1 saturated heterocycles. The maximum atomic E-state index is 12.6. The van der Waals surface area contributed by atoms with Crippen LogP contribution in [0.15, 0.2) is 46.3 Å². The number of benzene rings is 1. The third kappa shape index (κ3) is 5.76. The van der Waals surface area contributed by atoms with E-state index in [1.807, 2.05) is 38.1 Å². The van der Waals surface area contributed by atoms with E-state index >= 15 is 0 Å². The van der Waals surface area contributed by atoms with Gasteiger partial charge in [0.25, 0.3) is 0 Å². The number of thiophene rings is 1. The monoisotopic (exact) mass is 455 g/mol. The molecule has 1 N–H and O–H groups in total. The number of nitrogens with one attached hydrogen (secondary N) is 1. The molecule has 1 amide bonds. The lowest BCUT2D eigenvalue weighted by molar-refractivity contribution is -0.120. The first-order valence-electron chi connectivity index (χ1n) is 10.9. The molecule has 7 nitrogen and oxygen atoms in total. The molecule has 1 atom stereocenters. The van der Waals surface area contributed by atoms with E-state index in [-0.39, 0.29) is 11.9 Å². The van der Waals surface area contributed by atoms with Gasteiger partial charge in [-0.15, -0.1) is 11.3 Å². The molecule has 0 aliphatic carbocycles. The maximum Gasteiger partial charge on any atom is 0.224 e. The number of rotatable bonds is 9. The highest BCUT2D eigenvalue weighted by molar-refractivity contribution is 7.10. The normalized spacial score (nSPS) is 15.4. The van der Waals surface area contributed by atoms with Crippen LogP contribution in [0, 0.1) is 13.8 Å². The molecule has 0 saturated carbocycles. The number of nitrogens with zero attached hydrogens (tertiary/aromatic N) is 2. The average Bonchev–Trinajstić information content (AvgIpc) is 3.45. The summed E-state index contributed by atoms with van der Waals surface area (Å²) in [5.41, 5.74) is 2.76. The number of aryl methyl sites for hydroxylation is 2. The molecule has 0 radical (unpaired) electrons. The first kappa shape index (κ1) is 22.5. The lowest BCUT2D eigenvalue weighted by Gasteiger charge is -2.34. The molecular formula is C24H29N3O4S. The van der Waals surface area contributed by atoms with Crippen LogP contribution in [0.25, 0.3) is 0 Å². The average molecular weight is 456 g/mol. The largest absolute Gasteiger partial charge is 0.489 e. The summed E-state index contributed by atoms with van der Waals surface area (Å²) in [6.45, 7) is 8.02. The molecule has 3 heterocycles. The van der Waals surface area contributed by atoms with Crippen molar-refractivity contribution >= 4 is 17.2 Å². The predicted molar refractivity (Wildman–Crippen MR) is 123 cm³/mol. The molecule has 1 aliphatic heterocycles. The van der Waals surface area contributed by atoms with Gasteiger partial charge in [0.1, 0.15) is 18.1 Å². The lowest BCUT2D eigenvalue weighted by atomic mass is 10.1. The molecule has 2 aromatic heterocycles. The topological polar surface area (TPSA) is 76.8 Å². The molecule has 170 valence electrons. The molecule has 1 aliphatic rings. The van der Waals surface area contributed by atoms with Crippen LogP contribution in [0.4, 0.5) is 0 Å². The van der Waals surface area contributed by atoms with Crippen LogP contribution in [0.3, 0.4) is 0 Å². The van der Waals surface area contributed by atoms with E-state index in [9.17, 15) is 4.79 Å². The highest BCUT2D eigenvalue weighted by atomic mass is 32.1. The Morgan fingerprint density at radius 2 is 2.00 bits per heavy atom. The number of carbonyl (C=O) groups excluding carboxylic acids is 1. The fraction of sp³-hybridized carbons (Fsp3) is 0.417. The summed E-state index contributed by atoms with van der Waals surface area (Å²) in [6.07, 6.45) is 0.338. The van der Waals surface area contributed by atoms with Gasteiger partial charge in [0.05, 0.1) is 36.9 Å². The summed E-state index contributed by atoms with van der Waals surface area (Å²) in [5.74, 6) is 1.54. The third-order valence-electron chi connectivity index (χ3n) is 5.70. The minimum absolute atomic E-state index is 0.0178. The standard InChI is InChI=1S/C24H29N3O4S/c1-17-21(18(2)31-26-17)16-30-20-7-5-19(6-8-20)14-24(28)25-15-22(23-4-3-13-32-23)27-9-11-29-12-10-27/h3-8,13,22H,9-12,14-16H2,1-2H3,(H,25,28)/t22-/m1/s1. The van der Waals surface area contributed by atoms with Crippen LogP contribution in [-0.4, -0.2) is 48.8 Å². The summed E-state index contributed by atoms with van der Waals surface area (Å²) in [7, 11) is 0. The fourth-order valence-corrected chi connectivity index (χ4v) is 4.67. The first-order chi connectivity index (χ1) is 15.6. The number of hydrogen-bond acceptors (Lipinski definition) is 7. The SMILES string of the molecule is Cc1noc(C)c1COc1ccc(CC(=O)NC[C@H](c2cccs2)N2CCOCC2)cc1. The van der Waals surface area contributed by atoms with E-state index in [1.165, 1.54) is 4.88 Å². The Morgan fingerprint density at radius 1 is 1.22 bits per heavy atom. The fourth-order valence-electron chi connectivity index (χ4n) is 3.81. The van der Waals surface area contributed by atoms with Gasteiger partial charge in [-0.2, -0.15) is 0 Å². The minimum atomic E-state index is 0.0178. The molecule has 0 spiro atoms. The van der Waals surface area contributed by atoms with Crippen molar-refractivity contribution in [3.05, 3.63) is 69.2 Å². The van der Waals surface area contributed by atoms with E-state index in [0.29, 0.717) is 19.6 Å². The van der Waals surface area contributed by atoms with Crippen molar-refractivity contribution in [3.8, 4) is 5.75 Å². The Bertz CT molecular complexity index is 975. The molecule has 0 bridgehead atoms. The zero-order valence-corrected chi connectivity index (χ0v) is 19.3. The highest BCUT2D eigenvalue weighted by Gasteiger charge is 2.24. The maximum absolute atomic E-state index is 12.6. The van der Waals surface area contributed by atoms with Crippen molar-refractivity contribution < 1.29 is 18.8 Å². The number of ether oxygens (including phenoxy) is 2. The van der Waals surface area contributed by atoms with Crippen LogP contribution in [0.2, 0.25) is 0 Å². The van der Waals surface area contributed by atoms with Gasteiger partial charge in [-0.25, -0.2) is 0 Å². The second kappa shape index (κ2) is 10.8. The Kier molecular flexibility index (Phi) is 7.57. The zero-order chi connectivity index (χ0) is 22.3. The number of aromatic nitrogens is 1. The van der Waals surface area contributed by atoms with Gasteiger partial charge in [-0.1, -0.05) is 23.4 Å². The van der Waals surface area contributed by atoms with E-state index in [4.69, 9.17) is 14.0 Å². The summed E-state index contributed by atoms with van der Waals surface area (Å²) in [4.78, 5) is 16.3. The second-order valence-electron chi connectivity index (χ2n) is 7.90. The molecule has 8 heteroatoms.